The van der Waals surface area contributed by atoms with Crippen molar-refractivity contribution in [1.82, 2.24) is 0 Å². The molecule has 0 amide bonds. The summed E-state index contributed by atoms with van der Waals surface area (Å²) in [6, 6.07) is 6.29. The number of benzene rings is 1. The molecule has 0 aromatic heterocycles. The van der Waals surface area contributed by atoms with Crippen LogP contribution in [0.5, 0.6) is 0 Å². The fraction of sp³-hybridized carbons (Fsp3) is 0.562. The normalized spacial score (nSPS) is 16.1. The maximum atomic E-state index is 5.93. The molecule has 20 heavy (non-hydrogen) atoms. The van der Waals surface area contributed by atoms with Crippen molar-refractivity contribution in [3.8, 4) is 0 Å². The van der Waals surface area contributed by atoms with Crippen LogP contribution in [0.4, 0.5) is 5.69 Å². The Hall–Kier alpha value is -0.740. The van der Waals surface area contributed by atoms with Crippen LogP contribution in [0.1, 0.15) is 44.6 Å². The minimum absolute atomic E-state index is 0.493. The van der Waals surface area contributed by atoms with E-state index in [9.17, 15) is 0 Å². The largest absolute Gasteiger partial charge is 0.389 e. The van der Waals surface area contributed by atoms with Gasteiger partial charge in [-0.05, 0) is 36.6 Å². The fourth-order valence-corrected chi connectivity index (χ4v) is 3.99. The molecule has 2 nitrogen and oxygen atoms in total. The topological polar surface area (TPSA) is 38.0 Å². The van der Waals surface area contributed by atoms with Crippen molar-refractivity contribution in [2.24, 2.45) is 11.7 Å². The molecular weight excluding hydrogens is 284 g/mol. The minimum atomic E-state index is 0.493. The molecule has 0 radical (unpaired) electrons. The highest BCUT2D eigenvalue weighted by molar-refractivity contribution is 7.99. The third-order valence-electron chi connectivity index (χ3n) is 3.88. The van der Waals surface area contributed by atoms with E-state index >= 15 is 0 Å². The van der Waals surface area contributed by atoms with Crippen LogP contribution in [0.3, 0.4) is 0 Å². The Morgan fingerprint density at radius 3 is 2.75 bits per heavy atom. The summed E-state index contributed by atoms with van der Waals surface area (Å²) >= 11 is 7.04. The number of thiocarbonyl (C=S) groups is 1. The highest BCUT2D eigenvalue weighted by Gasteiger charge is 2.15. The lowest BCUT2D eigenvalue weighted by atomic mass is 9.89. The summed E-state index contributed by atoms with van der Waals surface area (Å²) in [4.78, 5) is 1.68. The van der Waals surface area contributed by atoms with E-state index in [1.807, 2.05) is 0 Å². The van der Waals surface area contributed by atoms with E-state index in [1.165, 1.54) is 37.0 Å². The average Bonchev–Trinajstić information content (AvgIpc) is 2.46. The van der Waals surface area contributed by atoms with Crippen molar-refractivity contribution < 1.29 is 0 Å². The Morgan fingerprint density at radius 1 is 1.35 bits per heavy atom. The molecule has 0 atom stereocenters. The second-order valence-electron chi connectivity index (χ2n) is 5.36. The first-order valence-corrected chi connectivity index (χ1v) is 8.91. The molecule has 110 valence electrons. The molecule has 1 aromatic carbocycles. The molecule has 1 fully saturated rings. The maximum Gasteiger partial charge on any atom is 0.107 e. The molecule has 4 heteroatoms. The van der Waals surface area contributed by atoms with Crippen LogP contribution in [-0.4, -0.2) is 17.3 Å². The van der Waals surface area contributed by atoms with Crippen LogP contribution < -0.4 is 11.1 Å². The Morgan fingerprint density at radius 2 is 2.10 bits per heavy atom. The van der Waals surface area contributed by atoms with Gasteiger partial charge in [-0.25, -0.2) is 0 Å². The Balaban J connectivity index is 2.09. The highest BCUT2D eigenvalue weighted by Crippen LogP contribution is 2.30. The minimum Gasteiger partial charge on any atom is -0.389 e. The lowest BCUT2D eigenvalue weighted by molar-refractivity contribution is 0.373. The van der Waals surface area contributed by atoms with Crippen molar-refractivity contribution in [3.63, 3.8) is 0 Å². The summed E-state index contributed by atoms with van der Waals surface area (Å²) in [5.41, 5.74) is 8.05. The number of hydrogen-bond donors (Lipinski definition) is 2. The molecule has 0 aliphatic heterocycles. The van der Waals surface area contributed by atoms with E-state index in [4.69, 9.17) is 18.0 Å². The zero-order valence-electron chi connectivity index (χ0n) is 12.2. The molecule has 1 aliphatic carbocycles. The third kappa shape index (κ3) is 4.13. The van der Waals surface area contributed by atoms with Gasteiger partial charge in [0.05, 0.1) is 0 Å². The van der Waals surface area contributed by atoms with Gasteiger partial charge < -0.3 is 11.1 Å². The second-order valence-corrected chi connectivity index (χ2v) is 7.11. The number of hydrogen-bond acceptors (Lipinski definition) is 3. The van der Waals surface area contributed by atoms with Gasteiger partial charge in [-0.3, -0.25) is 0 Å². The summed E-state index contributed by atoms with van der Waals surface area (Å²) < 4.78 is 0. The molecule has 0 heterocycles. The van der Waals surface area contributed by atoms with Gasteiger partial charge in [0.15, 0.2) is 0 Å². The fourth-order valence-electron chi connectivity index (χ4n) is 2.85. The molecule has 0 saturated heterocycles. The highest BCUT2D eigenvalue weighted by atomic mass is 32.2. The molecule has 2 rings (SSSR count). The molecule has 0 unspecified atom stereocenters. The summed E-state index contributed by atoms with van der Waals surface area (Å²) in [5, 5.41) is 3.58. The first kappa shape index (κ1) is 15.6. The average molecular weight is 309 g/mol. The van der Waals surface area contributed by atoms with E-state index in [-0.39, 0.29) is 0 Å². The van der Waals surface area contributed by atoms with Crippen LogP contribution in [0.25, 0.3) is 0 Å². The Kier molecular flexibility index (Phi) is 6.17. The van der Waals surface area contributed by atoms with Crippen molar-refractivity contribution in [3.05, 3.63) is 23.8 Å². The SMILES string of the molecule is CCSc1cccc(NCC2CCCCC2)c1C(N)=S. The van der Waals surface area contributed by atoms with E-state index < -0.39 is 0 Å². The summed E-state index contributed by atoms with van der Waals surface area (Å²) in [6.07, 6.45) is 6.84. The van der Waals surface area contributed by atoms with E-state index in [0.717, 1.165) is 29.5 Å². The van der Waals surface area contributed by atoms with Gasteiger partial charge in [0.1, 0.15) is 4.99 Å². The van der Waals surface area contributed by atoms with Gasteiger partial charge in [-0.2, -0.15) is 0 Å². The summed E-state index contributed by atoms with van der Waals surface area (Å²) in [7, 11) is 0. The molecule has 1 aromatic rings. The van der Waals surface area contributed by atoms with E-state index in [1.54, 1.807) is 11.8 Å². The first-order chi connectivity index (χ1) is 9.72. The zero-order valence-corrected chi connectivity index (χ0v) is 13.8. The van der Waals surface area contributed by atoms with Gasteiger partial charge in [0, 0.05) is 22.7 Å². The smallest absolute Gasteiger partial charge is 0.107 e. The van der Waals surface area contributed by atoms with Crippen LogP contribution in [0, 0.1) is 5.92 Å². The van der Waals surface area contributed by atoms with Crippen LogP contribution in [-0.2, 0) is 0 Å². The Labute approximate surface area is 131 Å². The first-order valence-electron chi connectivity index (χ1n) is 7.52. The maximum absolute atomic E-state index is 5.93. The van der Waals surface area contributed by atoms with Crippen molar-refractivity contribution >= 4 is 34.7 Å². The molecule has 0 spiro atoms. The van der Waals surface area contributed by atoms with Crippen LogP contribution >= 0.6 is 24.0 Å². The van der Waals surface area contributed by atoms with Crippen molar-refractivity contribution in [1.29, 1.82) is 0 Å². The zero-order chi connectivity index (χ0) is 14.4. The van der Waals surface area contributed by atoms with E-state index in [2.05, 4.69) is 30.4 Å². The second kappa shape index (κ2) is 7.89. The molecule has 1 saturated carbocycles. The van der Waals surface area contributed by atoms with Crippen molar-refractivity contribution in [2.45, 2.75) is 43.9 Å². The molecular formula is C16H24N2S2. The van der Waals surface area contributed by atoms with Gasteiger partial charge in [-0.1, -0.05) is 44.5 Å². The van der Waals surface area contributed by atoms with Gasteiger partial charge in [0.2, 0.25) is 0 Å². The third-order valence-corrected chi connectivity index (χ3v) is 5.02. The summed E-state index contributed by atoms with van der Waals surface area (Å²) in [6.45, 7) is 3.19. The predicted molar refractivity (Wildman–Crippen MR) is 93.8 cm³/mol. The van der Waals surface area contributed by atoms with Crippen molar-refractivity contribution in [2.75, 3.05) is 17.6 Å². The number of nitrogens with two attached hydrogens (primary N) is 1. The quantitative estimate of drug-likeness (QED) is 0.602. The summed E-state index contributed by atoms with van der Waals surface area (Å²) in [5.74, 6) is 1.83. The standard InChI is InChI=1S/C16H24N2S2/c1-2-20-14-10-6-9-13(15(14)16(17)19)18-11-12-7-4-3-5-8-12/h6,9-10,12,18H,2-5,7-8,11H2,1H3,(H2,17,19). The van der Waals surface area contributed by atoms with Crippen LogP contribution in [0.2, 0.25) is 0 Å². The number of thioether (sulfide) groups is 1. The van der Waals surface area contributed by atoms with Gasteiger partial charge in [0.25, 0.3) is 0 Å². The molecule has 1 aliphatic rings. The lowest BCUT2D eigenvalue weighted by Gasteiger charge is -2.23. The predicted octanol–water partition coefficient (Wildman–Crippen LogP) is 4.43. The lowest BCUT2D eigenvalue weighted by Crippen LogP contribution is -2.20. The number of nitrogens with one attached hydrogen (secondary N) is 1. The molecule has 3 N–H and O–H groups in total. The Bertz CT molecular complexity index is 454. The number of anilines is 1. The monoisotopic (exact) mass is 308 g/mol. The van der Waals surface area contributed by atoms with Gasteiger partial charge >= 0.3 is 0 Å². The van der Waals surface area contributed by atoms with E-state index in [0.29, 0.717) is 4.99 Å². The number of rotatable bonds is 6. The van der Waals surface area contributed by atoms with Gasteiger partial charge in [-0.15, -0.1) is 11.8 Å². The van der Waals surface area contributed by atoms with Crippen LogP contribution in [0.15, 0.2) is 23.1 Å². The molecule has 0 bridgehead atoms.